The Kier molecular flexibility index (Phi) is 1.85. The van der Waals surface area contributed by atoms with Crippen LogP contribution < -0.4 is 0 Å². The number of hydrogen-bond donors (Lipinski definition) is 2. The van der Waals surface area contributed by atoms with E-state index in [1.54, 1.807) is 6.20 Å². The number of benzene rings is 1. The molecule has 0 fully saturated rings. The first kappa shape index (κ1) is 8.56. The maximum absolute atomic E-state index is 10.7. The first-order valence-electron chi connectivity index (χ1n) is 4.19. The third-order valence-electron chi connectivity index (χ3n) is 2.17. The van der Waals surface area contributed by atoms with Gasteiger partial charge in [0.15, 0.2) is 0 Å². The van der Waals surface area contributed by atoms with Crippen molar-refractivity contribution >= 4 is 22.4 Å². The fourth-order valence-corrected chi connectivity index (χ4v) is 1.44. The molecule has 0 aliphatic heterocycles. The molecule has 0 amide bonds. The first-order chi connectivity index (χ1) is 6.70. The zero-order valence-electron chi connectivity index (χ0n) is 7.45. The number of fused-ring (bicyclic) bond motifs is 1. The molecule has 2 N–H and O–H groups in total. The van der Waals surface area contributed by atoms with E-state index in [4.69, 9.17) is 5.11 Å². The highest BCUT2D eigenvalue weighted by molar-refractivity contribution is 6.18. The van der Waals surface area contributed by atoms with E-state index in [1.165, 1.54) is 0 Å². The van der Waals surface area contributed by atoms with Crippen molar-refractivity contribution in [3.8, 4) is 0 Å². The minimum atomic E-state index is -0.991. The minimum Gasteiger partial charge on any atom is -0.478 e. The van der Waals surface area contributed by atoms with E-state index in [9.17, 15) is 4.79 Å². The standard InChI is InChI=1S/C11H9NO2/c1-7(11(13)14)9-6-12-10-5-3-2-4-8(9)10/h2-6,12H,1H2,(H,13,14). The Morgan fingerprint density at radius 1 is 1.36 bits per heavy atom. The monoisotopic (exact) mass is 187 g/mol. The average Bonchev–Trinajstić information content (AvgIpc) is 2.60. The molecule has 0 atom stereocenters. The van der Waals surface area contributed by atoms with Gasteiger partial charge in [-0.05, 0) is 6.07 Å². The molecule has 1 aromatic carbocycles. The van der Waals surface area contributed by atoms with Crippen molar-refractivity contribution in [3.63, 3.8) is 0 Å². The number of carboxylic acids is 1. The van der Waals surface area contributed by atoms with Gasteiger partial charge in [0.1, 0.15) is 0 Å². The zero-order valence-corrected chi connectivity index (χ0v) is 7.45. The Morgan fingerprint density at radius 3 is 2.79 bits per heavy atom. The second kappa shape index (κ2) is 3.03. The molecule has 0 aliphatic rings. The van der Waals surface area contributed by atoms with Gasteiger partial charge in [0.05, 0.1) is 5.57 Å². The van der Waals surface area contributed by atoms with Gasteiger partial charge < -0.3 is 10.1 Å². The van der Waals surface area contributed by atoms with E-state index in [-0.39, 0.29) is 5.57 Å². The Balaban J connectivity index is 2.64. The van der Waals surface area contributed by atoms with E-state index in [0.717, 1.165) is 10.9 Å². The largest absolute Gasteiger partial charge is 0.478 e. The lowest BCUT2D eigenvalue weighted by Gasteiger charge is -1.96. The maximum atomic E-state index is 10.7. The molecule has 1 aromatic heterocycles. The fraction of sp³-hybridized carbons (Fsp3) is 0. The molecule has 0 saturated carbocycles. The van der Waals surface area contributed by atoms with Crippen LogP contribution in [-0.4, -0.2) is 16.1 Å². The van der Waals surface area contributed by atoms with Gasteiger partial charge in [-0.1, -0.05) is 24.8 Å². The number of rotatable bonds is 2. The summed E-state index contributed by atoms with van der Waals surface area (Å²) >= 11 is 0. The molecule has 2 aromatic rings. The Morgan fingerprint density at radius 2 is 2.07 bits per heavy atom. The molecular formula is C11H9NO2. The van der Waals surface area contributed by atoms with Crippen molar-refractivity contribution in [3.05, 3.63) is 42.6 Å². The van der Waals surface area contributed by atoms with Crippen LogP contribution in [0, 0.1) is 0 Å². The summed E-state index contributed by atoms with van der Waals surface area (Å²) in [6.07, 6.45) is 1.67. The number of hydrogen-bond acceptors (Lipinski definition) is 1. The molecular weight excluding hydrogens is 178 g/mol. The number of nitrogens with one attached hydrogen (secondary N) is 1. The Bertz CT molecular complexity index is 511. The molecule has 0 radical (unpaired) electrons. The van der Waals surface area contributed by atoms with Gasteiger partial charge in [-0.3, -0.25) is 0 Å². The molecule has 2 rings (SSSR count). The molecule has 3 heteroatoms. The van der Waals surface area contributed by atoms with E-state index >= 15 is 0 Å². The van der Waals surface area contributed by atoms with Crippen LogP contribution in [0.2, 0.25) is 0 Å². The summed E-state index contributed by atoms with van der Waals surface area (Å²) in [5, 5.41) is 9.69. The summed E-state index contributed by atoms with van der Waals surface area (Å²) < 4.78 is 0. The van der Waals surface area contributed by atoms with Crippen molar-refractivity contribution in [1.82, 2.24) is 4.98 Å². The van der Waals surface area contributed by atoms with Gasteiger partial charge in [0.25, 0.3) is 0 Å². The van der Waals surface area contributed by atoms with Crippen LogP contribution in [0.4, 0.5) is 0 Å². The predicted octanol–water partition coefficient (Wildman–Crippen LogP) is 2.27. The lowest BCUT2D eigenvalue weighted by Crippen LogP contribution is -1.96. The maximum Gasteiger partial charge on any atom is 0.335 e. The van der Waals surface area contributed by atoms with Crippen LogP contribution >= 0.6 is 0 Å². The molecule has 0 aliphatic carbocycles. The Hall–Kier alpha value is -2.03. The van der Waals surface area contributed by atoms with Crippen molar-refractivity contribution in [1.29, 1.82) is 0 Å². The van der Waals surface area contributed by atoms with Gasteiger partial charge in [0.2, 0.25) is 0 Å². The van der Waals surface area contributed by atoms with E-state index in [2.05, 4.69) is 11.6 Å². The molecule has 14 heavy (non-hydrogen) atoms. The summed E-state index contributed by atoms with van der Waals surface area (Å²) in [5.41, 5.74) is 1.68. The van der Waals surface area contributed by atoms with Gasteiger partial charge in [-0.2, -0.15) is 0 Å². The molecule has 1 heterocycles. The molecule has 0 spiro atoms. The van der Waals surface area contributed by atoms with Crippen molar-refractivity contribution < 1.29 is 9.90 Å². The average molecular weight is 187 g/mol. The van der Waals surface area contributed by atoms with Crippen molar-refractivity contribution in [2.75, 3.05) is 0 Å². The zero-order chi connectivity index (χ0) is 10.1. The van der Waals surface area contributed by atoms with Crippen LogP contribution in [0.5, 0.6) is 0 Å². The van der Waals surface area contributed by atoms with Gasteiger partial charge >= 0.3 is 5.97 Å². The number of para-hydroxylation sites is 1. The van der Waals surface area contributed by atoms with Gasteiger partial charge in [0, 0.05) is 22.7 Å². The van der Waals surface area contributed by atoms with E-state index in [1.807, 2.05) is 24.3 Å². The summed E-state index contributed by atoms with van der Waals surface area (Å²) in [6, 6.07) is 7.53. The molecule has 0 bridgehead atoms. The van der Waals surface area contributed by atoms with Crippen LogP contribution in [0.1, 0.15) is 5.56 Å². The van der Waals surface area contributed by atoms with Crippen molar-refractivity contribution in [2.45, 2.75) is 0 Å². The predicted molar refractivity (Wildman–Crippen MR) is 55.0 cm³/mol. The van der Waals surface area contributed by atoms with E-state index in [0.29, 0.717) is 5.56 Å². The summed E-state index contributed by atoms with van der Waals surface area (Å²) in [6.45, 7) is 3.53. The highest BCUT2D eigenvalue weighted by Gasteiger charge is 2.11. The molecule has 0 unspecified atom stereocenters. The van der Waals surface area contributed by atoms with Crippen LogP contribution in [0.25, 0.3) is 16.5 Å². The normalized spacial score (nSPS) is 10.3. The second-order valence-electron chi connectivity index (χ2n) is 3.03. The van der Waals surface area contributed by atoms with Gasteiger partial charge in [-0.15, -0.1) is 0 Å². The Labute approximate surface area is 80.7 Å². The number of H-pyrrole nitrogens is 1. The molecule has 3 nitrogen and oxygen atoms in total. The third-order valence-corrected chi connectivity index (χ3v) is 2.17. The number of carboxylic acid groups (broad SMARTS) is 1. The van der Waals surface area contributed by atoms with Crippen LogP contribution in [0.3, 0.4) is 0 Å². The number of aromatic nitrogens is 1. The highest BCUT2D eigenvalue weighted by atomic mass is 16.4. The second-order valence-corrected chi connectivity index (χ2v) is 3.03. The smallest absolute Gasteiger partial charge is 0.335 e. The summed E-state index contributed by atoms with van der Waals surface area (Å²) in [4.78, 5) is 13.7. The lowest BCUT2D eigenvalue weighted by atomic mass is 10.1. The lowest BCUT2D eigenvalue weighted by molar-refractivity contribution is -0.130. The van der Waals surface area contributed by atoms with Crippen LogP contribution in [0.15, 0.2) is 37.0 Å². The SMILES string of the molecule is C=C(C(=O)O)c1c[nH]c2ccccc12. The minimum absolute atomic E-state index is 0.113. The fourth-order valence-electron chi connectivity index (χ4n) is 1.44. The van der Waals surface area contributed by atoms with Crippen molar-refractivity contribution in [2.24, 2.45) is 0 Å². The van der Waals surface area contributed by atoms with Crippen LogP contribution in [-0.2, 0) is 4.79 Å². The topological polar surface area (TPSA) is 53.1 Å². The van der Waals surface area contributed by atoms with E-state index < -0.39 is 5.97 Å². The first-order valence-corrected chi connectivity index (χ1v) is 4.19. The molecule has 70 valence electrons. The quantitative estimate of drug-likeness (QED) is 0.708. The number of aliphatic carboxylic acids is 1. The molecule has 0 saturated heterocycles. The number of aromatic amines is 1. The third kappa shape index (κ3) is 1.19. The summed E-state index contributed by atoms with van der Waals surface area (Å²) in [5.74, 6) is -0.991. The highest BCUT2D eigenvalue weighted by Crippen LogP contribution is 2.23. The number of carbonyl (C=O) groups is 1. The summed E-state index contributed by atoms with van der Waals surface area (Å²) in [7, 11) is 0. The van der Waals surface area contributed by atoms with Gasteiger partial charge in [-0.25, -0.2) is 4.79 Å².